The maximum absolute atomic E-state index is 12.2. The molecule has 6 atom stereocenters. The van der Waals surface area contributed by atoms with Crippen LogP contribution in [-0.2, 0) is 215 Å². The molecule has 4 rings (SSSR count). The van der Waals surface area contributed by atoms with Crippen LogP contribution in [0.3, 0.4) is 0 Å². The van der Waals surface area contributed by atoms with Gasteiger partial charge in [0.25, 0.3) is 0 Å². The molecule has 0 spiro atoms. The number of carboxylic acid groups (broad SMARTS) is 6. The molecule has 6 radical (unpaired) electrons. The number of nitrogens with zero attached hydrogens (tertiary/aromatic N) is 8. The van der Waals surface area contributed by atoms with Gasteiger partial charge in [0.15, 0.2) is 0 Å². The molecule has 462 valence electrons. The van der Waals surface area contributed by atoms with E-state index in [2.05, 4.69) is 9.97 Å². The molecular weight excluding hydrogens is 1720 g/mol. The van der Waals surface area contributed by atoms with E-state index in [-0.39, 0.29) is 378 Å². The summed E-state index contributed by atoms with van der Waals surface area (Å²) < 4.78 is 0. The molecule has 0 unspecified atom stereocenters. The van der Waals surface area contributed by atoms with Gasteiger partial charge >= 0.3 is 116 Å². The average molecular weight is 1790 g/mol. The molecule has 32 heteroatoms. The number of hydrogen-bond donors (Lipinski definition) is 6. The Morgan fingerprint density at radius 3 is 0.744 bits per heavy atom. The molecular formula is C54H72Gd2N8O18Y4+2. The molecule has 0 saturated carbocycles. The van der Waals surface area contributed by atoms with Crippen LogP contribution in [0.2, 0.25) is 0 Å². The Hall–Kier alpha value is -0.0351. The third-order valence-electron chi connectivity index (χ3n) is 13.9. The van der Waals surface area contributed by atoms with E-state index >= 15 is 0 Å². The zero-order chi connectivity index (χ0) is 59.3. The Balaban J connectivity index is -0.000000731. The first-order valence-electron chi connectivity index (χ1n) is 26.2. The second-order valence-electron chi connectivity index (χ2n) is 19.5. The van der Waals surface area contributed by atoms with Gasteiger partial charge in [-0.25, -0.2) is 0 Å². The number of hydrogen-bond acceptors (Lipinski definition) is 20. The number of carboxylic acids is 6. The summed E-state index contributed by atoms with van der Waals surface area (Å²) in [4.78, 5) is 159. The van der Waals surface area contributed by atoms with Crippen LogP contribution in [0.5, 0.6) is 0 Å². The van der Waals surface area contributed by atoms with E-state index in [0.29, 0.717) is 22.8 Å². The van der Waals surface area contributed by atoms with E-state index in [0.717, 1.165) is 0 Å². The summed E-state index contributed by atoms with van der Waals surface area (Å²) in [6.45, 7) is 3.90. The monoisotopic (exact) mass is 1790 g/mol. The molecule has 2 aromatic heterocycles. The van der Waals surface area contributed by atoms with Crippen LogP contribution in [0, 0.1) is 79.9 Å². The predicted octanol–water partition coefficient (Wildman–Crippen LogP) is 1.01. The fourth-order valence-corrected chi connectivity index (χ4v) is 9.73. The molecule has 2 aliphatic heterocycles. The number of aromatic nitrogens is 2. The first-order valence-corrected chi connectivity index (χ1v) is 26.2. The summed E-state index contributed by atoms with van der Waals surface area (Å²) >= 11 is 0. The first kappa shape index (κ1) is 92.4. The molecule has 0 aliphatic carbocycles. The zero-order valence-corrected chi connectivity index (χ0v) is 64.0. The van der Waals surface area contributed by atoms with Gasteiger partial charge in [-0.15, -0.1) is 0 Å². The van der Waals surface area contributed by atoms with Gasteiger partial charge in [0.2, 0.25) is 0 Å². The van der Waals surface area contributed by atoms with Gasteiger partial charge in [-0.3, -0.25) is 93.3 Å². The molecule has 0 aromatic carbocycles. The summed E-state index contributed by atoms with van der Waals surface area (Å²) in [6.07, 6.45) is 6.60. The maximum Gasteiger partial charge on any atom is 3.00 e. The van der Waals surface area contributed by atoms with Crippen LogP contribution in [0.1, 0.15) is 114 Å². The molecule has 4 heterocycles. The minimum absolute atomic E-state index is 0. The number of ketones is 2. The quantitative estimate of drug-likeness (QED) is 0.0594. The SMILES string of the molecule is CC(=O)CC[C@@H](C(=O)O)N1CCN([C@@H](CC[C-]=O)C(=O)O)CCN([C@@H](CC[C-]=O)C(=O)O)Cc2cccc(n2)C1.CC(=O)CC[C@H](C(=O)O)N1CCN([C@H](CC[C-]=O)C(=O)O)CCN([C@H](CC[C-]=O)C(=O)O)Cc2cccc(n2)C1.[Gd+3].[Gd+3].[Y].[Y].[Y].[Y]. The summed E-state index contributed by atoms with van der Waals surface area (Å²) in [5.41, 5.74) is 2.09. The molecule has 26 nitrogen and oxygen atoms in total. The number of aliphatic carboxylic acids is 6. The molecule has 2 aliphatic rings. The van der Waals surface area contributed by atoms with Crippen LogP contribution in [0.25, 0.3) is 0 Å². The smallest absolute Gasteiger partial charge is 0.542 e. The van der Waals surface area contributed by atoms with Crippen molar-refractivity contribution in [2.75, 3.05) is 52.4 Å². The molecule has 0 saturated heterocycles. The van der Waals surface area contributed by atoms with Crippen LogP contribution in [0.4, 0.5) is 0 Å². The van der Waals surface area contributed by atoms with E-state index in [4.69, 9.17) is 0 Å². The number of pyridine rings is 2. The topological polar surface area (TPSA) is 371 Å². The second kappa shape index (κ2) is 51.4. The van der Waals surface area contributed by atoms with Crippen molar-refractivity contribution in [2.45, 2.75) is 153 Å². The van der Waals surface area contributed by atoms with Crippen LogP contribution in [0.15, 0.2) is 36.4 Å². The van der Waals surface area contributed by atoms with Gasteiger partial charge in [0.1, 0.15) is 47.8 Å². The van der Waals surface area contributed by atoms with E-state index in [1.54, 1.807) is 90.9 Å². The van der Waals surface area contributed by atoms with Crippen molar-refractivity contribution in [3.05, 3.63) is 59.2 Å². The standard InChI is InChI=1S/2C27H36N4O9.2Gd.4Y/c2*1-19(34)9-10-24(27(39)40)31-14-12-29(22(25(35)36)7-3-15-32)11-13-30(23(26(37)38)8-4-16-33)17-20-5-2-6-21(18-31)28-20;;;;;;/h2*2,5-6,22-24H,3-4,7-14,17-18H2,1H3,(H,35,36)(H,37,38)(H,39,40);;;;;;/q2*-2;2*+3;;;;/t2*22-,23-,24-;;;;;;/m10....../s1. The predicted molar refractivity (Wildman–Crippen MR) is 281 cm³/mol. The van der Waals surface area contributed by atoms with Crippen LogP contribution in [-0.4, -0.2) is 231 Å². The summed E-state index contributed by atoms with van der Waals surface area (Å²) in [5.74, 6) is -7.19. The van der Waals surface area contributed by atoms with E-state index in [1.807, 2.05) is 0 Å². The Morgan fingerprint density at radius 1 is 0.372 bits per heavy atom. The van der Waals surface area contributed by atoms with Gasteiger partial charge in [-0.1, -0.05) is 37.8 Å². The molecule has 0 fully saturated rings. The fourth-order valence-electron chi connectivity index (χ4n) is 9.73. The van der Waals surface area contributed by atoms with Crippen molar-refractivity contribution in [3.8, 4) is 0 Å². The van der Waals surface area contributed by atoms with Gasteiger partial charge in [-0.05, 0) is 51.0 Å². The summed E-state index contributed by atoms with van der Waals surface area (Å²) in [7, 11) is 0. The van der Waals surface area contributed by atoms with Crippen molar-refractivity contribution in [2.24, 2.45) is 0 Å². The molecule has 6 N–H and O–H groups in total. The third kappa shape index (κ3) is 34.2. The van der Waals surface area contributed by atoms with E-state index < -0.39 is 72.1 Å². The number of carbonyl (C=O) groups excluding carboxylic acids is 6. The number of fused-ring (bicyclic) bond motifs is 4. The Morgan fingerprint density at radius 2 is 0.558 bits per heavy atom. The molecule has 2 aromatic rings. The minimum atomic E-state index is -1.18. The normalized spacial score (nSPS) is 16.7. The number of carbonyl (C=O) groups is 8. The van der Waals surface area contributed by atoms with Crippen molar-refractivity contribution in [3.63, 3.8) is 0 Å². The van der Waals surface area contributed by atoms with Gasteiger partial charge in [0, 0.05) is 222 Å². The first-order chi connectivity index (χ1) is 38.1. The van der Waals surface area contributed by atoms with Crippen molar-refractivity contribution < 1.29 is 299 Å². The van der Waals surface area contributed by atoms with Crippen molar-refractivity contribution in [1.29, 1.82) is 0 Å². The number of rotatable bonds is 30. The third-order valence-corrected chi connectivity index (χ3v) is 13.9. The average Bonchev–Trinajstić information content (AvgIpc) is 3.38. The molecule has 4 bridgehead atoms. The Bertz CT molecular complexity index is 2300. The van der Waals surface area contributed by atoms with Crippen molar-refractivity contribution >= 4 is 72.5 Å². The van der Waals surface area contributed by atoms with E-state index in [9.17, 15) is 88.2 Å². The Kier molecular flexibility index (Phi) is 55.2. The largest absolute Gasteiger partial charge is 3.00 e. The fraction of sp³-hybridized carbons (Fsp3) is 0.593. The minimum Gasteiger partial charge on any atom is -0.542 e. The second-order valence-corrected chi connectivity index (χ2v) is 19.5. The summed E-state index contributed by atoms with van der Waals surface area (Å²) in [6, 6.07) is 3.95. The summed E-state index contributed by atoms with van der Waals surface area (Å²) in [5, 5.41) is 59.7. The number of Topliss-reactive ketones (excluding diaryl/α,β-unsaturated/α-hetero) is 2. The maximum atomic E-state index is 12.2. The van der Waals surface area contributed by atoms with Gasteiger partial charge < -0.3 is 59.4 Å². The van der Waals surface area contributed by atoms with Crippen LogP contribution >= 0.6 is 0 Å². The van der Waals surface area contributed by atoms with Crippen LogP contribution < -0.4 is 0 Å². The Labute approximate surface area is 665 Å². The molecule has 0 amide bonds. The molecule has 86 heavy (non-hydrogen) atoms. The van der Waals surface area contributed by atoms with Gasteiger partial charge in [-0.2, -0.15) is 25.7 Å². The van der Waals surface area contributed by atoms with Crippen molar-refractivity contribution in [1.82, 2.24) is 39.4 Å². The van der Waals surface area contributed by atoms with Gasteiger partial charge in [0.05, 0.1) is 22.8 Å². The zero-order valence-electron chi connectivity index (χ0n) is 48.1. The van der Waals surface area contributed by atoms with E-state index in [1.165, 1.54) is 13.8 Å².